The van der Waals surface area contributed by atoms with Crippen molar-refractivity contribution in [1.29, 1.82) is 0 Å². The van der Waals surface area contributed by atoms with Gasteiger partial charge in [0.25, 0.3) is 5.69 Å². The molecule has 1 saturated heterocycles. The highest BCUT2D eigenvalue weighted by atomic mass is 35.5. The van der Waals surface area contributed by atoms with Gasteiger partial charge in [0.05, 0.1) is 49.3 Å². The van der Waals surface area contributed by atoms with Crippen LogP contribution in [0.5, 0.6) is 0 Å². The zero-order valence-corrected chi connectivity index (χ0v) is 30.5. The summed E-state index contributed by atoms with van der Waals surface area (Å²) in [6.45, 7) is 12.9. The monoisotopic (exact) mass is 720 g/mol. The molecule has 3 aliphatic rings. The predicted octanol–water partition coefficient (Wildman–Crippen LogP) is 4.45. The van der Waals surface area contributed by atoms with Crippen LogP contribution in [0.25, 0.3) is 0 Å². The fourth-order valence-corrected chi connectivity index (χ4v) is 12.1. The van der Waals surface area contributed by atoms with E-state index in [0.717, 1.165) is 35.0 Å². The molecule has 1 aliphatic heterocycles. The third kappa shape index (κ3) is 6.95. The zero-order chi connectivity index (χ0) is 34.6. The second-order valence-corrected chi connectivity index (χ2v) is 20.7. The maximum absolute atomic E-state index is 14.4. The molecule has 1 heterocycles. The highest BCUT2D eigenvalue weighted by molar-refractivity contribution is 7.90. The molecule has 1 aromatic carbocycles. The minimum Gasteiger partial charge on any atom is -0.273 e. The number of hydrogen-bond acceptors (Lipinski definition) is 8. The summed E-state index contributed by atoms with van der Waals surface area (Å²) in [6, 6.07) is 3.06. The number of fused-ring (bicyclic) bond motifs is 1. The van der Waals surface area contributed by atoms with Gasteiger partial charge in [0, 0.05) is 29.1 Å². The molecule has 1 spiro atoms. The van der Waals surface area contributed by atoms with E-state index in [0.29, 0.717) is 19.3 Å². The molecule has 3 fully saturated rings. The molecule has 1 amide bonds. The number of hydrogen-bond donors (Lipinski definition) is 2. The molecule has 0 radical (unpaired) electrons. The Hall–Kier alpha value is -1.91. The van der Waals surface area contributed by atoms with E-state index in [-0.39, 0.29) is 38.6 Å². The van der Waals surface area contributed by atoms with Gasteiger partial charge in [-0.15, -0.1) is 0 Å². The van der Waals surface area contributed by atoms with Crippen LogP contribution >= 0.6 is 11.6 Å². The summed E-state index contributed by atoms with van der Waals surface area (Å²) in [5.74, 6) is -1.90. The molecule has 0 aromatic heterocycles. The molecule has 6 atom stereocenters. The first kappa shape index (κ1) is 36.9. The van der Waals surface area contributed by atoms with Crippen molar-refractivity contribution in [3.05, 3.63) is 45.5 Å². The highest BCUT2D eigenvalue weighted by Gasteiger charge is 2.72. The fourth-order valence-electron chi connectivity index (χ4n) is 7.29. The topological polar surface area (TPSA) is 173 Å². The van der Waals surface area contributed by atoms with E-state index in [4.69, 9.17) is 11.6 Å². The SMILES string of the molecule is CC(C)C[C@H](NS(=O)C(C)(C)C)/C(Cl)=C/[C@@H](CNS(=O)(=O)c1ccc([N+](=O)[O-])cc1)C(=O)N1C2CC3CC[C@]2(CS1(=O)=O)C3(C)C. The Morgan fingerprint density at radius 2 is 1.85 bits per heavy atom. The van der Waals surface area contributed by atoms with Gasteiger partial charge in [-0.25, -0.2) is 34.8 Å². The Balaban J connectivity index is 1.71. The van der Waals surface area contributed by atoms with Gasteiger partial charge in [-0.3, -0.25) is 14.9 Å². The normalized spacial score (nSPS) is 27.4. The van der Waals surface area contributed by atoms with Crippen molar-refractivity contribution in [3.63, 3.8) is 0 Å². The lowest BCUT2D eigenvalue weighted by Gasteiger charge is -2.37. The smallest absolute Gasteiger partial charge is 0.269 e. The molecular formula is C30H45ClN4O8S3. The van der Waals surface area contributed by atoms with Crippen LogP contribution in [0.1, 0.15) is 74.1 Å². The Morgan fingerprint density at radius 1 is 1.24 bits per heavy atom. The lowest BCUT2D eigenvalue weighted by Crippen LogP contribution is -2.48. The molecule has 2 aliphatic carbocycles. The van der Waals surface area contributed by atoms with Crippen molar-refractivity contribution in [2.75, 3.05) is 12.3 Å². The van der Waals surface area contributed by atoms with Crippen LogP contribution in [0.3, 0.4) is 0 Å². The molecule has 1 aromatic rings. The van der Waals surface area contributed by atoms with Crippen LogP contribution < -0.4 is 9.44 Å². The van der Waals surface area contributed by atoms with Gasteiger partial charge in [-0.2, -0.15) is 0 Å². The summed E-state index contributed by atoms with van der Waals surface area (Å²) < 4.78 is 72.8. The number of halogens is 1. The summed E-state index contributed by atoms with van der Waals surface area (Å²) in [7, 11) is -9.84. The predicted molar refractivity (Wildman–Crippen MR) is 178 cm³/mol. The van der Waals surface area contributed by atoms with Crippen molar-refractivity contribution in [3.8, 4) is 0 Å². The Labute approximate surface area is 279 Å². The summed E-state index contributed by atoms with van der Waals surface area (Å²) in [5.41, 5.74) is -1.17. The van der Waals surface area contributed by atoms with Crippen molar-refractivity contribution in [1.82, 2.24) is 13.7 Å². The molecule has 46 heavy (non-hydrogen) atoms. The number of benzene rings is 1. The van der Waals surface area contributed by atoms with Gasteiger partial charge in [0.15, 0.2) is 0 Å². The van der Waals surface area contributed by atoms with Crippen LogP contribution in [0, 0.1) is 38.7 Å². The van der Waals surface area contributed by atoms with E-state index >= 15 is 0 Å². The van der Waals surface area contributed by atoms with Crippen LogP contribution in [0.4, 0.5) is 5.69 Å². The van der Waals surface area contributed by atoms with Crippen LogP contribution in [-0.2, 0) is 35.8 Å². The molecule has 3 unspecified atom stereocenters. The van der Waals surface area contributed by atoms with Crippen LogP contribution in [-0.4, -0.2) is 65.3 Å². The lowest BCUT2D eigenvalue weighted by molar-refractivity contribution is -0.384. The van der Waals surface area contributed by atoms with E-state index in [1.54, 1.807) is 20.8 Å². The van der Waals surface area contributed by atoms with E-state index in [2.05, 4.69) is 23.3 Å². The first-order valence-corrected chi connectivity index (χ1v) is 20.0. The quantitative estimate of drug-likeness (QED) is 0.236. The minimum atomic E-state index is -4.27. The van der Waals surface area contributed by atoms with Crippen molar-refractivity contribution in [2.24, 2.45) is 28.6 Å². The number of sulfonamides is 2. The third-order valence-corrected chi connectivity index (χ3v) is 15.4. The van der Waals surface area contributed by atoms with E-state index < -0.39 is 76.6 Å². The Kier molecular flexibility index (Phi) is 10.3. The van der Waals surface area contributed by atoms with Gasteiger partial charge in [0.1, 0.15) is 0 Å². The molecule has 12 nitrogen and oxygen atoms in total. The highest BCUT2D eigenvalue weighted by Crippen LogP contribution is 2.70. The molecule has 2 bridgehead atoms. The van der Waals surface area contributed by atoms with Crippen LogP contribution in [0.2, 0.25) is 0 Å². The number of nitro groups is 1. The summed E-state index contributed by atoms with van der Waals surface area (Å²) in [5, 5.41) is 11.2. The number of nitro benzene ring substituents is 1. The largest absolute Gasteiger partial charge is 0.273 e. The molecule has 16 heteroatoms. The molecule has 2 saturated carbocycles. The second-order valence-electron chi connectivity index (χ2n) is 14.7. The Bertz CT molecular complexity index is 1640. The van der Waals surface area contributed by atoms with Gasteiger partial charge in [-0.1, -0.05) is 45.4 Å². The first-order chi connectivity index (χ1) is 21.0. The number of carbonyl (C=O) groups is 1. The molecule has 258 valence electrons. The van der Waals surface area contributed by atoms with Crippen molar-refractivity contribution < 1.29 is 30.8 Å². The Morgan fingerprint density at radius 3 is 2.37 bits per heavy atom. The number of carbonyl (C=O) groups excluding carboxylic acids is 1. The fraction of sp³-hybridized carbons (Fsp3) is 0.700. The number of amides is 1. The average Bonchev–Trinajstić information content (AvgIpc) is 3.42. The van der Waals surface area contributed by atoms with Crippen molar-refractivity contribution in [2.45, 2.75) is 95.9 Å². The summed E-state index contributed by atoms with van der Waals surface area (Å²) in [6.07, 6.45) is 3.92. The summed E-state index contributed by atoms with van der Waals surface area (Å²) in [4.78, 5) is 24.5. The van der Waals surface area contributed by atoms with Gasteiger partial charge >= 0.3 is 0 Å². The second kappa shape index (κ2) is 12.8. The maximum atomic E-state index is 14.4. The first-order valence-electron chi connectivity index (χ1n) is 15.4. The van der Waals surface area contributed by atoms with E-state index in [1.165, 1.54) is 6.08 Å². The van der Waals surface area contributed by atoms with Crippen molar-refractivity contribution >= 4 is 54.2 Å². The van der Waals surface area contributed by atoms with Crippen LogP contribution in [0.15, 0.2) is 40.3 Å². The lowest BCUT2D eigenvalue weighted by atomic mass is 9.69. The summed E-state index contributed by atoms with van der Waals surface area (Å²) >= 11 is 6.84. The number of nitrogens with zero attached hydrogens (tertiary/aromatic N) is 2. The minimum absolute atomic E-state index is 0.0986. The zero-order valence-electron chi connectivity index (χ0n) is 27.3. The maximum Gasteiger partial charge on any atom is 0.269 e. The van der Waals surface area contributed by atoms with Gasteiger partial charge < -0.3 is 0 Å². The number of non-ortho nitro benzene ring substituents is 1. The number of nitrogens with one attached hydrogen (secondary N) is 2. The number of rotatable bonds is 12. The standard InChI is InChI=1S/C30H45ClN4O8S3/c1-19(2)14-25(33-44(39)28(3,4)5)24(31)15-20(17-32-46(42,43)23-10-8-22(9-11-23)35(37)38)27(36)34-26-16-21-12-13-30(26,29(21,6)7)18-45(34,40)41/h8-11,15,19-21,25-26,32-33H,12-14,16-18H2,1-7H3/b24-15-/t20-,21?,25-,26?,30+,44?/m0/s1. The van der Waals surface area contributed by atoms with Gasteiger partial charge in [0.2, 0.25) is 26.0 Å². The van der Waals surface area contributed by atoms with Gasteiger partial charge in [-0.05, 0) is 75.8 Å². The molecular weight excluding hydrogens is 676 g/mol. The van der Waals surface area contributed by atoms with E-state index in [9.17, 15) is 36.0 Å². The average molecular weight is 721 g/mol. The molecule has 2 N–H and O–H groups in total. The van der Waals surface area contributed by atoms with E-state index in [1.807, 2.05) is 13.8 Å². The third-order valence-electron chi connectivity index (χ3n) is 10.0. The molecule has 4 rings (SSSR count).